The van der Waals surface area contributed by atoms with Crippen LogP contribution in [0.2, 0.25) is 0 Å². The predicted octanol–water partition coefficient (Wildman–Crippen LogP) is 4.36. The second kappa shape index (κ2) is 5.47. The average Bonchev–Trinajstić information content (AvgIpc) is 2.96. The van der Waals surface area contributed by atoms with Gasteiger partial charge in [0.1, 0.15) is 5.01 Å². The van der Waals surface area contributed by atoms with E-state index in [-0.39, 0.29) is 0 Å². The number of rotatable bonds is 2. The molecule has 2 heterocycles. The summed E-state index contributed by atoms with van der Waals surface area (Å²) in [5, 5.41) is 12.0. The third-order valence-corrected chi connectivity index (χ3v) is 4.01. The van der Waals surface area contributed by atoms with Crippen LogP contribution in [0.4, 0.5) is 0 Å². The Kier molecular flexibility index (Phi) is 3.51. The zero-order valence-electron chi connectivity index (χ0n) is 11.8. The van der Waals surface area contributed by atoms with Crippen LogP contribution in [0.5, 0.6) is 0 Å². The molecule has 0 unspecified atom stereocenters. The third kappa shape index (κ3) is 2.83. The number of hydrogen-bond acceptors (Lipinski definition) is 4. The maximum Gasteiger partial charge on any atom is 0.124 e. The van der Waals surface area contributed by atoms with Crippen LogP contribution in [0.15, 0.2) is 41.8 Å². The molecule has 0 amide bonds. The van der Waals surface area contributed by atoms with Crippen LogP contribution in [-0.2, 0) is 0 Å². The second-order valence-electron chi connectivity index (χ2n) is 4.87. The van der Waals surface area contributed by atoms with Gasteiger partial charge in [0, 0.05) is 27.9 Å². The van der Waals surface area contributed by atoms with Gasteiger partial charge >= 0.3 is 0 Å². The Labute approximate surface area is 127 Å². The standard InChI is InChI=1S/C17H13N3S/c1-11-6-15(7-12(2)19-11)17-20-16(10-21-17)14-5-3-4-13(8-14)9-18/h3-8,10H,1-2H3. The summed E-state index contributed by atoms with van der Waals surface area (Å²) in [5.41, 5.74) is 5.60. The molecule has 1 aromatic carbocycles. The topological polar surface area (TPSA) is 49.6 Å². The molecule has 0 aliphatic rings. The van der Waals surface area contributed by atoms with Crippen LogP contribution >= 0.6 is 11.3 Å². The van der Waals surface area contributed by atoms with E-state index in [0.717, 1.165) is 33.2 Å². The molecule has 0 bridgehead atoms. The molecule has 0 saturated heterocycles. The molecule has 0 N–H and O–H groups in total. The molecule has 21 heavy (non-hydrogen) atoms. The van der Waals surface area contributed by atoms with E-state index in [4.69, 9.17) is 5.26 Å². The Balaban J connectivity index is 2.01. The lowest BCUT2D eigenvalue weighted by atomic mass is 10.1. The first-order valence-electron chi connectivity index (χ1n) is 6.57. The quantitative estimate of drug-likeness (QED) is 0.705. The van der Waals surface area contributed by atoms with E-state index in [9.17, 15) is 0 Å². The van der Waals surface area contributed by atoms with Gasteiger partial charge in [-0.15, -0.1) is 11.3 Å². The lowest BCUT2D eigenvalue weighted by Gasteiger charge is -2.01. The fourth-order valence-electron chi connectivity index (χ4n) is 2.24. The fraction of sp³-hybridized carbons (Fsp3) is 0.118. The summed E-state index contributed by atoms with van der Waals surface area (Å²) >= 11 is 1.61. The van der Waals surface area contributed by atoms with E-state index in [1.165, 1.54) is 0 Å². The van der Waals surface area contributed by atoms with Crippen molar-refractivity contribution in [2.45, 2.75) is 13.8 Å². The second-order valence-corrected chi connectivity index (χ2v) is 5.73. The molecule has 3 nitrogen and oxygen atoms in total. The Bertz CT molecular complexity index is 823. The van der Waals surface area contributed by atoms with Crippen molar-refractivity contribution in [3.8, 4) is 27.9 Å². The third-order valence-electron chi connectivity index (χ3n) is 3.12. The summed E-state index contributed by atoms with van der Waals surface area (Å²) in [7, 11) is 0. The highest BCUT2D eigenvalue weighted by Gasteiger charge is 2.08. The van der Waals surface area contributed by atoms with Crippen LogP contribution in [0, 0.1) is 25.2 Å². The molecule has 2 aromatic heterocycles. The minimum atomic E-state index is 0.651. The van der Waals surface area contributed by atoms with Gasteiger partial charge < -0.3 is 0 Å². The Morgan fingerprint density at radius 2 is 1.76 bits per heavy atom. The van der Waals surface area contributed by atoms with Gasteiger partial charge in [0.25, 0.3) is 0 Å². The van der Waals surface area contributed by atoms with Crippen molar-refractivity contribution in [2.75, 3.05) is 0 Å². The predicted molar refractivity (Wildman–Crippen MR) is 85.0 cm³/mol. The van der Waals surface area contributed by atoms with Crippen molar-refractivity contribution in [1.82, 2.24) is 9.97 Å². The summed E-state index contributed by atoms with van der Waals surface area (Å²) in [6, 6.07) is 13.8. The molecule has 3 rings (SSSR count). The largest absolute Gasteiger partial charge is 0.258 e. The molecule has 0 radical (unpaired) electrons. The summed E-state index contributed by atoms with van der Waals surface area (Å²) in [6.45, 7) is 3.98. The van der Waals surface area contributed by atoms with Gasteiger partial charge in [-0.1, -0.05) is 12.1 Å². The van der Waals surface area contributed by atoms with Crippen molar-refractivity contribution in [3.05, 3.63) is 58.7 Å². The Morgan fingerprint density at radius 1 is 1.00 bits per heavy atom. The summed E-state index contributed by atoms with van der Waals surface area (Å²) in [5.74, 6) is 0. The molecule has 0 saturated carbocycles. The van der Waals surface area contributed by atoms with Crippen molar-refractivity contribution >= 4 is 11.3 Å². The molecule has 4 heteroatoms. The van der Waals surface area contributed by atoms with Gasteiger partial charge in [0.05, 0.1) is 17.3 Å². The first-order valence-corrected chi connectivity index (χ1v) is 7.45. The number of aromatic nitrogens is 2. The maximum atomic E-state index is 8.98. The van der Waals surface area contributed by atoms with Crippen molar-refractivity contribution < 1.29 is 0 Å². The SMILES string of the molecule is Cc1cc(-c2nc(-c3cccc(C#N)c3)cs2)cc(C)n1. The monoisotopic (exact) mass is 291 g/mol. The van der Waals surface area contributed by atoms with E-state index in [2.05, 4.69) is 16.0 Å². The summed E-state index contributed by atoms with van der Waals surface area (Å²) in [6.07, 6.45) is 0. The normalized spacial score (nSPS) is 10.3. The van der Waals surface area contributed by atoms with Crippen LogP contribution in [0.3, 0.4) is 0 Å². The number of aryl methyl sites for hydroxylation is 2. The number of nitrogens with zero attached hydrogens (tertiary/aromatic N) is 3. The van der Waals surface area contributed by atoms with Crippen molar-refractivity contribution in [2.24, 2.45) is 0 Å². The number of pyridine rings is 1. The first kappa shape index (κ1) is 13.5. The van der Waals surface area contributed by atoms with Gasteiger partial charge in [-0.25, -0.2) is 4.98 Å². The van der Waals surface area contributed by atoms with Crippen molar-refractivity contribution in [3.63, 3.8) is 0 Å². The van der Waals surface area contributed by atoms with Crippen LogP contribution in [0.1, 0.15) is 17.0 Å². The van der Waals surface area contributed by atoms with E-state index in [0.29, 0.717) is 5.56 Å². The first-order chi connectivity index (χ1) is 10.2. The highest BCUT2D eigenvalue weighted by Crippen LogP contribution is 2.29. The molecule has 102 valence electrons. The van der Waals surface area contributed by atoms with Gasteiger partial charge in [-0.3, -0.25) is 4.98 Å². The maximum absolute atomic E-state index is 8.98. The molecule has 0 aliphatic heterocycles. The molecule has 0 fully saturated rings. The number of hydrogen-bond donors (Lipinski definition) is 0. The minimum Gasteiger partial charge on any atom is -0.258 e. The summed E-state index contributed by atoms with van der Waals surface area (Å²) < 4.78 is 0. The van der Waals surface area contributed by atoms with Gasteiger partial charge in [0.15, 0.2) is 0 Å². The zero-order valence-corrected chi connectivity index (χ0v) is 12.6. The van der Waals surface area contributed by atoms with Gasteiger partial charge in [-0.05, 0) is 38.1 Å². The Hall–Kier alpha value is -2.51. The smallest absolute Gasteiger partial charge is 0.124 e. The molecule has 0 aliphatic carbocycles. The van der Waals surface area contributed by atoms with Gasteiger partial charge in [0.2, 0.25) is 0 Å². The number of thiazole rings is 1. The van der Waals surface area contributed by atoms with Crippen LogP contribution in [0.25, 0.3) is 21.8 Å². The van der Waals surface area contributed by atoms with E-state index < -0.39 is 0 Å². The molecular formula is C17H13N3S. The van der Waals surface area contributed by atoms with Crippen LogP contribution in [-0.4, -0.2) is 9.97 Å². The van der Waals surface area contributed by atoms with E-state index in [1.54, 1.807) is 17.4 Å². The molecule has 0 atom stereocenters. The Morgan fingerprint density at radius 3 is 2.48 bits per heavy atom. The number of benzene rings is 1. The highest BCUT2D eigenvalue weighted by atomic mass is 32.1. The van der Waals surface area contributed by atoms with Crippen molar-refractivity contribution in [1.29, 1.82) is 5.26 Å². The fourth-order valence-corrected chi connectivity index (χ4v) is 3.06. The number of nitriles is 1. The zero-order chi connectivity index (χ0) is 14.8. The molecular weight excluding hydrogens is 278 g/mol. The highest BCUT2D eigenvalue weighted by molar-refractivity contribution is 7.13. The van der Waals surface area contributed by atoms with E-state index >= 15 is 0 Å². The van der Waals surface area contributed by atoms with Crippen LogP contribution < -0.4 is 0 Å². The average molecular weight is 291 g/mol. The summed E-state index contributed by atoms with van der Waals surface area (Å²) in [4.78, 5) is 9.08. The molecule has 3 aromatic rings. The lowest BCUT2D eigenvalue weighted by Crippen LogP contribution is -1.88. The minimum absolute atomic E-state index is 0.651. The van der Waals surface area contributed by atoms with E-state index in [1.807, 2.05) is 49.6 Å². The lowest BCUT2D eigenvalue weighted by molar-refractivity contribution is 1.12. The molecule has 0 spiro atoms. The van der Waals surface area contributed by atoms with Gasteiger partial charge in [-0.2, -0.15) is 5.26 Å².